The number of hydrogen-bond acceptors (Lipinski definition) is 4. The van der Waals surface area contributed by atoms with Gasteiger partial charge in [-0.25, -0.2) is 4.99 Å². The molecule has 0 bridgehead atoms. The van der Waals surface area contributed by atoms with Crippen molar-refractivity contribution in [3.63, 3.8) is 0 Å². The lowest BCUT2D eigenvalue weighted by Gasteiger charge is -2.33. The van der Waals surface area contributed by atoms with Crippen LogP contribution in [0.4, 0.5) is 10.7 Å². The molecule has 38 heavy (non-hydrogen) atoms. The maximum Gasteiger partial charge on any atom is 0.259 e. The summed E-state index contributed by atoms with van der Waals surface area (Å²) in [6.45, 7) is 6.85. The number of carbonyl (C=O) groups is 1. The Morgan fingerprint density at radius 3 is 2.53 bits per heavy atom. The molecule has 0 fully saturated rings. The van der Waals surface area contributed by atoms with Gasteiger partial charge in [0.15, 0.2) is 0 Å². The molecule has 0 aliphatic heterocycles. The topological polar surface area (TPSA) is 54.6 Å². The van der Waals surface area contributed by atoms with E-state index in [9.17, 15) is 4.79 Å². The summed E-state index contributed by atoms with van der Waals surface area (Å²) in [5.74, 6) is 1.62. The van der Waals surface area contributed by atoms with E-state index in [1.807, 2.05) is 18.2 Å². The molecule has 2 aromatic carbocycles. The fourth-order valence-electron chi connectivity index (χ4n) is 4.71. The van der Waals surface area contributed by atoms with Crippen LogP contribution in [0.3, 0.4) is 0 Å². The molecule has 1 atom stereocenters. The van der Waals surface area contributed by atoms with Gasteiger partial charge < -0.3 is 9.73 Å². The summed E-state index contributed by atoms with van der Waals surface area (Å²) in [6, 6.07) is 16.2. The van der Waals surface area contributed by atoms with Crippen LogP contribution in [0.5, 0.6) is 0 Å². The summed E-state index contributed by atoms with van der Waals surface area (Å²) in [4.78, 5) is 19.5. The smallest absolute Gasteiger partial charge is 0.259 e. The normalized spacial score (nSPS) is 15.6. The number of aliphatic imine (C=N–C) groups is 1. The van der Waals surface area contributed by atoms with E-state index >= 15 is 0 Å². The first-order chi connectivity index (χ1) is 18.1. The van der Waals surface area contributed by atoms with Gasteiger partial charge in [0.05, 0.1) is 21.8 Å². The summed E-state index contributed by atoms with van der Waals surface area (Å²) in [5, 5.41) is 5.28. The number of carbonyl (C=O) groups excluding carboxylic acids is 1. The number of rotatable bonds is 5. The highest BCUT2D eigenvalue weighted by molar-refractivity contribution is 7.16. The summed E-state index contributed by atoms with van der Waals surface area (Å²) < 4.78 is 6.00. The molecule has 2 heterocycles. The predicted molar refractivity (Wildman–Crippen MR) is 160 cm³/mol. The highest BCUT2D eigenvalue weighted by atomic mass is 35.5. The van der Waals surface area contributed by atoms with E-state index < -0.39 is 0 Å². The SMILES string of the molecule is CC(C)(C)[C@H]1CCc2c(sc(N=Cc3ccc(-c4ccc(Cl)c(Cl)c4)o3)c2C(=O)Nc2ccc(Cl)cc2)C1. The van der Waals surface area contributed by atoms with Crippen molar-refractivity contribution >= 4 is 68.9 Å². The van der Waals surface area contributed by atoms with Crippen molar-refractivity contribution in [1.29, 1.82) is 0 Å². The maximum absolute atomic E-state index is 13.5. The second-order valence-corrected chi connectivity index (χ2v) is 12.9. The third kappa shape index (κ3) is 5.86. The van der Waals surface area contributed by atoms with Gasteiger partial charge in [0.2, 0.25) is 0 Å². The van der Waals surface area contributed by atoms with E-state index in [4.69, 9.17) is 44.2 Å². The molecule has 5 rings (SSSR count). The van der Waals surface area contributed by atoms with Crippen molar-refractivity contribution < 1.29 is 9.21 Å². The molecule has 4 aromatic rings. The number of nitrogens with zero attached hydrogens (tertiary/aromatic N) is 1. The molecular formula is C30H27Cl3N2O2S. The zero-order valence-electron chi connectivity index (χ0n) is 21.3. The quantitative estimate of drug-likeness (QED) is 0.237. The van der Waals surface area contributed by atoms with E-state index in [1.54, 1.807) is 53.9 Å². The number of halogens is 3. The molecule has 1 aliphatic carbocycles. The van der Waals surface area contributed by atoms with Gasteiger partial charge in [-0.3, -0.25) is 4.79 Å². The Morgan fingerprint density at radius 2 is 1.82 bits per heavy atom. The molecule has 4 nitrogen and oxygen atoms in total. The number of furan rings is 1. The molecule has 0 spiro atoms. The average Bonchev–Trinajstić information content (AvgIpc) is 3.49. The van der Waals surface area contributed by atoms with E-state index in [2.05, 4.69) is 26.1 Å². The third-order valence-corrected chi connectivity index (χ3v) is 9.09. The molecule has 1 aliphatic rings. The largest absolute Gasteiger partial charge is 0.455 e. The fourth-order valence-corrected chi connectivity index (χ4v) is 6.40. The van der Waals surface area contributed by atoms with Crippen molar-refractivity contribution in [3.05, 3.63) is 91.4 Å². The lowest BCUT2D eigenvalue weighted by molar-refractivity contribution is 0.102. The summed E-state index contributed by atoms with van der Waals surface area (Å²) in [5.41, 5.74) is 3.45. The van der Waals surface area contributed by atoms with Gasteiger partial charge in [-0.15, -0.1) is 11.3 Å². The lowest BCUT2D eigenvalue weighted by atomic mass is 9.72. The molecular weight excluding hydrogens is 559 g/mol. The maximum atomic E-state index is 13.5. The van der Waals surface area contributed by atoms with Crippen LogP contribution in [-0.4, -0.2) is 12.1 Å². The molecule has 2 aromatic heterocycles. The van der Waals surface area contributed by atoms with Crippen LogP contribution >= 0.6 is 46.1 Å². The zero-order chi connectivity index (χ0) is 27.0. The Labute approximate surface area is 241 Å². The van der Waals surface area contributed by atoms with Gasteiger partial charge in [0.25, 0.3) is 5.91 Å². The van der Waals surface area contributed by atoms with Crippen LogP contribution in [-0.2, 0) is 12.8 Å². The van der Waals surface area contributed by atoms with E-state index in [0.29, 0.717) is 48.8 Å². The number of anilines is 1. The van der Waals surface area contributed by atoms with E-state index in [1.165, 1.54) is 4.88 Å². The van der Waals surface area contributed by atoms with Gasteiger partial charge in [-0.2, -0.15) is 0 Å². The summed E-state index contributed by atoms with van der Waals surface area (Å²) in [6.07, 6.45) is 4.51. The number of benzene rings is 2. The van der Waals surface area contributed by atoms with Gasteiger partial charge in [-0.1, -0.05) is 55.6 Å². The number of thiophene rings is 1. The second kappa shape index (κ2) is 10.9. The Balaban J connectivity index is 1.46. The molecule has 8 heteroatoms. The highest BCUT2D eigenvalue weighted by Crippen LogP contribution is 2.45. The first-order valence-corrected chi connectivity index (χ1v) is 14.3. The first-order valence-electron chi connectivity index (χ1n) is 12.4. The van der Waals surface area contributed by atoms with Crippen molar-refractivity contribution in [2.24, 2.45) is 16.3 Å². The zero-order valence-corrected chi connectivity index (χ0v) is 24.4. The van der Waals surface area contributed by atoms with Crippen LogP contribution in [0.15, 0.2) is 64.0 Å². The van der Waals surface area contributed by atoms with Crippen molar-refractivity contribution in [1.82, 2.24) is 0 Å². The molecule has 1 N–H and O–H groups in total. The van der Waals surface area contributed by atoms with Gasteiger partial charge in [-0.05, 0) is 90.8 Å². The van der Waals surface area contributed by atoms with Gasteiger partial charge in [0.1, 0.15) is 16.5 Å². The lowest BCUT2D eigenvalue weighted by Crippen LogP contribution is -2.27. The van der Waals surface area contributed by atoms with Crippen LogP contribution in [0, 0.1) is 11.3 Å². The number of nitrogens with one attached hydrogen (secondary N) is 1. The molecule has 0 unspecified atom stereocenters. The van der Waals surface area contributed by atoms with Gasteiger partial charge in [0, 0.05) is 21.2 Å². The Kier molecular flexibility index (Phi) is 7.74. The van der Waals surface area contributed by atoms with Crippen LogP contribution < -0.4 is 5.32 Å². The van der Waals surface area contributed by atoms with Crippen molar-refractivity contribution in [2.45, 2.75) is 40.0 Å². The second-order valence-electron chi connectivity index (χ2n) is 10.5. The van der Waals surface area contributed by atoms with E-state index in [0.717, 1.165) is 30.4 Å². The first kappa shape index (κ1) is 27.0. The number of hydrogen-bond donors (Lipinski definition) is 1. The van der Waals surface area contributed by atoms with Gasteiger partial charge >= 0.3 is 0 Å². The van der Waals surface area contributed by atoms with Crippen LogP contribution in [0.25, 0.3) is 11.3 Å². The minimum atomic E-state index is -0.165. The number of amides is 1. The van der Waals surface area contributed by atoms with Crippen molar-refractivity contribution in [3.8, 4) is 11.3 Å². The van der Waals surface area contributed by atoms with Crippen LogP contribution in [0.2, 0.25) is 15.1 Å². The van der Waals surface area contributed by atoms with E-state index in [-0.39, 0.29) is 11.3 Å². The fraction of sp³-hybridized carbons (Fsp3) is 0.267. The standard InChI is InChI=1S/C30H27Cl3N2O2S/c1-30(2,3)18-5-11-22-26(15-18)38-29(27(22)28(36)35-20-8-6-19(31)7-9-20)34-16-21-10-13-25(37-21)17-4-12-23(32)24(33)14-17/h4,6-10,12-14,16,18H,5,11,15H2,1-3H3,(H,35,36)/t18-/m0/s1. The average molecular weight is 586 g/mol. The molecule has 1 amide bonds. The minimum absolute atomic E-state index is 0.165. The Hall–Kier alpha value is -2.57. The van der Waals surface area contributed by atoms with Crippen molar-refractivity contribution in [2.75, 3.05) is 5.32 Å². The molecule has 0 radical (unpaired) electrons. The monoisotopic (exact) mass is 584 g/mol. The Morgan fingerprint density at radius 1 is 1.05 bits per heavy atom. The summed E-state index contributed by atoms with van der Waals surface area (Å²) >= 11 is 19.8. The van der Waals surface area contributed by atoms with Crippen LogP contribution in [0.1, 0.15) is 53.8 Å². The molecule has 0 saturated carbocycles. The number of fused-ring (bicyclic) bond motifs is 1. The third-order valence-electron chi connectivity index (χ3n) is 6.94. The molecule has 0 saturated heterocycles. The minimum Gasteiger partial charge on any atom is -0.455 e. The Bertz CT molecular complexity index is 1510. The highest BCUT2D eigenvalue weighted by Gasteiger charge is 2.33. The predicted octanol–water partition coefficient (Wildman–Crippen LogP) is 10.1. The summed E-state index contributed by atoms with van der Waals surface area (Å²) in [7, 11) is 0. The molecule has 196 valence electrons.